The molecule has 0 fully saturated rings. The maximum atomic E-state index is 6.27. The summed E-state index contributed by atoms with van der Waals surface area (Å²) in [5, 5.41) is 2.38. The molecular weight excluding hydrogens is 273 g/mol. The number of rotatable bonds is 0. The van der Waals surface area contributed by atoms with Gasteiger partial charge < -0.3 is 8.83 Å². The van der Waals surface area contributed by atoms with E-state index in [1.54, 1.807) is 0 Å². The Morgan fingerprint density at radius 2 is 1.78 bits per heavy atom. The molecule has 0 bridgehead atoms. The first kappa shape index (κ1) is 10.2. The van der Waals surface area contributed by atoms with Crippen LogP contribution in [0.15, 0.2) is 39.2 Å². The van der Waals surface area contributed by atoms with E-state index in [1.165, 1.54) is 0 Å². The molecule has 2 heterocycles. The Morgan fingerprint density at radius 3 is 2.67 bits per heavy atom. The lowest BCUT2D eigenvalue weighted by Crippen LogP contribution is -1.72. The normalized spacial score (nSPS) is 11.9. The van der Waals surface area contributed by atoms with Gasteiger partial charge in [-0.3, -0.25) is 0 Å². The smallest absolute Gasteiger partial charge is 0.293 e. The van der Waals surface area contributed by atoms with Crippen molar-refractivity contribution in [3.63, 3.8) is 0 Å². The average molecular weight is 278 g/mol. The van der Waals surface area contributed by atoms with E-state index in [1.807, 2.05) is 30.3 Å². The molecule has 0 unspecified atom stereocenters. The van der Waals surface area contributed by atoms with E-state index in [9.17, 15) is 0 Å². The minimum Gasteiger partial charge on any atom is -0.454 e. The molecule has 4 aromatic rings. The molecule has 0 saturated carbocycles. The number of furan rings is 1. The quantitative estimate of drug-likeness (QED) is 0.452. The van der Waals surface area contributed by atoms with Crippen LogP contribution in [0, 0.1) is 0 Å². The molecule has 0 aliphatic carbocycles. The monoisotopic (exact) mass is 277 g/mol. The number of para-hydroxylation sites is 1. The molecule has 0 amide bonds. The standard InChI is InChI=1S/C13H5Cl2NO2/c14-10-11-7(5-8-12(10)18-13(15)16-8)6-3-1-2-4-9(6)17-11/h1-5H. The third-order valence-corrected chi connectivity index (χ3v) is 3.45. The first-order valence-electron chi connectivity index (χ1n) is 5.30. The molecule has 88 valence electrons. The van der Waals surface area contributed by atoms with Crippen molar-refractivity contribution in [2.24, 2.45) is 0 Å². The number of fused-ring (bicyclic) bond motifs is 4. The van der Waals surface area contributed by atoms with Crippen LogP contribution in [0.4, 0.5) is 0 Å². The maximum Gasteiger partial charge on any atom is 0.293 e. The minimum atomic E-state index is 0.0730. The molecule has 18 heavy (non-hydrogen) atoms. The molecule has 5 heteroatoms. The Labute approximate surface area is 111 Å². The summed E-state index contributed by atoms with van der Waals surface area (Å²) < 4.78 is 11.0. The second-order valence-corrected chi connectivity index (χ2v) is 4.68. The van der Waals surface area contributed by atoms with Gasteiger partial charge in [-0.15, -0.1) is 0 Å². The SMILES string of the molecule is Clc1nc2cc3c(oc4ccccc43)c(Cl)c2o1. The summed E-state index contributed by atoms with van der Waals surface area (Å²) in [5.41, 5.74) is 2.46. The van der Waals surface area contributed by atoms with E-state index in [0.29, 0.717) is 21.7 Å². The van der Waals surface area contributed by atoms with Crippen LogP contribution in [0.5, 0.6) is 0 Å². The van der Waals surface area contributed by atoms with Crippen LogP contribution >= 0.6 is 23.2 Å². The van der Waals surface area contributed by atoms with Gasteiger partial charge in [-0.2, -0.15) is 4.98 Å². The Balaban J connectivity index is 2.31. The van der Waals surface area contributed by atoms with E-state index in [0.717, 1.165) is 16.4 Å². The second-order valence-electron chi connectivity index (χ2n) is 3.98. The largest absolute Gasteiger partial charge is 0.454 e. The summed E-state index contributed by atoms with van der Waals surface area (Å²) in [6.07, 6.45) is 0. The fraction of sp³-hybridized carbons (Fsp3) is 0. The highest BCUT2D eigenvalue weighted by Gasteiger charge is 2.17. The zero-order chi connectivity index (χ0) is 12.3. The van der Waals surface area contributed by atoms with Gasteiger partial charge in [0.2, 0.25) is 0 Å². The second kappa shape index (κ2) is 3.40. The van der Waals surface area contributed by atoms with Crippen LogP contribution in [0.1, 0.15) is 0 Å². The van der Waals surface area contributed by atoms with Crippen molar-refractivity contribution in [3.8, 4) is 0 Å². The molecule has 0 saturated heterocycles. The Morgan fingerprint density at radius 1 is 0.944 bits per heavy atom. The number of halogens is 2. The molecule has 0 aliphatic heterocycles. The van der Waals surface area contributed by atoms with Crippen LogP contribution in [-0.4, -0.2) is 4.98 Å². The molecule has 3 nitrogen and oxygen atoms in total. The highest BCUT2D eigenvalue weighted by Crippen LogP contribution is 2.38. The van der Waals surface area contributed by atoms with Crippen LogP contribution in [-0.2, 0) is 0 Å². The lowest BCUT2D eigenvalue weighted by atomic mass is 10.1. The number of nitrogens with zero attached hydrogens (tertiary/aromatic N) is 1. The van der Waals surface area contributed by atoms with Crippen molar-refractivity contribution in [1.29, 1.82) is 0 Å². The van der Waals surface area contributed by atoms with Gasteiger partial charge in [0, 0.05) is 10.8 Å². The van der Waals surface area contributed by atoms with Crippen LogP contribution in [0.3, 0.4) is 0 Å². The first-order chi connectivity index (χ1) is 8.74. The highest BCUT2D eigenvalue weighted by atomic mass is 35.5. The summed E-state index contributed by atoms with van der Waals surface area (Å²) in [6.45, 7) is 0. The van der Waals surface area contributed by atoms with E-state index >= 15 is 0 Å². The average Bonchev–Trinajstić information content (AvgIpc) is 2.91. The Bertz CT molecular complexity index is 907. The van der Waals surface area contributed by atoms with Crippen LogP contribution in [0.25, 0.3) is 33.0 Å². The van der Waals surface area contributed by atoms with Gasteiger partial charge in [0.1, 0.15) is 16.1 Å². The van der Waals surface area contributed by atoms with Gasteiger partial charge >= 0.3 is 0 Å². The molecule has 2 aromatic heterocycles. The Kier molecular flexibility index (Phi) is 1.93. The highest BCUT2D eigenvalue weighted by molar-refractivity contribution is 6.40. The van der Waals surface area contributed by atoms with Gasteiger partial charge in [0.25, 0.3) is 5.35 Å². The minimum absolute atomic E-state index is 0.0730. The fourth-order valence-electron chi connectivity index (χ4n) is 2.17. The van der Waals surface area contributed by atoms with Crippen molar-refractivity contribution in [2.45, 2.75) is 0 Å². The third-order valence-electron chi connectivity index (χ3n) is 2.94. The number of benzene rings is 2. The molecule has 0 atom stereocenters. The predicted octanol–water partition coefficient (Wildman–Crippen LogP) is 5.03. The van der Waals surface area contributed by atoms with Crippen LogP contribution in [0.2, 0.25) is 10.4 Å². The van der Waals surface area contributed by atoms with Gasteiger partial charge in [0.05, 0.1) is 0 Å². The lowest BCUT2D eigenvalue weighted by Gasteiger charge is -1.93. The number of hydrogen-bond donors (Lipinski definition) is 0. The molecule has 0 spiro atoms. The summed E-state index contributed by atoms with van der Waals surface area (Å²) in [6, 6.07) is 9.61. The van der Waals surface area contributed by atoms with Crippen molar-refractivity contribution in [1.82, 2.24) is 4.98 Å². The van der Waals surface area contributed by atoms with E-state index < -0.39 is 0 Å². The van der Waals surface area contributed by atoms with Gasteiger partial charge in [-0.25, -0.2) is 0 Å². The summed E-state index contributed by atoms with van der Waals surface area (Å²) in [5.74, 6) is 0. The van der Waals surface area contributed by atoms with Crippen molar-refractivity contribution < 1.29 is 8.83 Å². The van der Waals surface area contributed by atoms with Gasteiger partial charge in [0.15, 0.2) is 11.2 Å². The lowest BCUT2D eigenvalue weighted by molar-refractivity contribution is 0.603. The molecule has 0 aliphatic rings. The van der Waals surface area contributed by atoms with Gasteiger partial charge in [-0.05, 0) is 23.7 Å². The number of hydrogen-bond acceptors (Lipinski definition) is 3. The molecule has 2 aromatic carbocycles. The van der Waals surface area contributed by atoms with E-state index in [2.05, 4.69) is 4.98 Å². The van der Waals surface area contributed by atoms with Gasteiger partial charge in [-0.1, -0.05) is 29.8 Å². The summed E-state index contributed by atoms with van der Waals surface area (Å²) in [7, 11) is 0. The van der Waals surface area contributed by atoms with Crippen molar-refractivity contribution in [3.05, 3.63) is 40.7 Å². The van der Waals surface area contributed by atoms with E-state index in [4.69, 9.17) is 32.0 Å². The first-order valence-corrected chi connectivity index (χ1v) is 6.05. The third kappa shape index (κ3) is 1.23. The molecule has 0 N–H and O–H groups in total. The van der Waals surface area contributed by atoms with E-state index in [-0.39, 0.29) is 5.35 Å². The van der Waals surface area contributed by atoms with Crippen molar-refractivity contribution >= 4 is 56.2 Å². The van der Waals surface area contributed by atoms with Crippen LogP contribution < -0.4 is 0 Å². The fourth-order valence-corrected chi connectivity index (χ4v) is 2.62. The zero-order valence-corrected chi connectivity index (χ0v) is 10.4. The molecule has 4 rings (SSSR count). The summed E-state index contributed by atoms with van der Waals surface area (Å²) >= 11 is 12.0. The van der Waals surface area contributed by atoms with Crippen molar-refractivity contribution in [2.75, 3.05) is 0 Å². The molecule has 0 radical (unpaired) electrons. The molecular formula is C13H5Cl2NO2. The Hall–Kier alpha value is -1.71. The summed E-state index contributed by atoms with van der Waals surface area (Å²) in [4.78, 5) is 4.08. The zero-order valence-electron chi connectivity index (χ0n) is 8.91. The topological polar surface area (TPSA) is 39.2 Å². The number of oxazole rings is 1. The maximum absolute atomic E-state index is 6.27. The predicted molar refractivity (Wildman–Crippen MR) is 71.3 cm³/mol. The number of aromatic nitrogens is 1.